The summed E-state index contributed by atoms with van der Waals surface area (Å²) >= 11 is 0. The minimum atomic E-state index is -0.216. The molecule has 0 amide bonds. The molecule has 0 aliphatic carbocycles. The number of epoxide rings is 1. The van der Waals surface area contributed by atoms with Crippen molar-refractivity contribution in [2.45, 2.75) is 64.6 Å². The number of hydrogen-bond acceptors (Lipinski definition) is 3. The first-order valence-corrected chi connectivity index (χ1v) is 6.03. The number of carbonyl (C=O) groups is 1. The van der Waals surface area contributed by atoms with Crippen LogP contribution in [0.5, 0.6) is 0 Å². The second-order valence-electron chi connectivity index (χ2n) is 4.22. The van der Waals surface area contributed by atoms with E-state index in [1.165, 1.54) is 39.0 Å². The van der Waals surface area contributed by atoms with Gasteiger partial charge in [-0.1, -0.05) is 39.0 Å². The quantitative estimate of drug-likeness (QED) is 0.354. The lowest BCUT2D eigenvalue weighted by molar-refractivity contribution is -0.141. The zero-order valence-corrected chi connectivity index (χ0v) is 9.83. The van der Waals surface area contributed by atoms with E-state index in [1.54, 1.807) is 0 Å². The van der Waals surface area contributed by atoms with Crippen molar-refractivity contribution in [2.75, 3.05) is 6.61 Å². The van der Waals surface area contributed by atoms with Gasteiger partial charge in [0, 0.05) is 6.92 Å². The third-order valence-electron chi connectivity index (χ3n) is 2.73. The maximum Gasteiger partial charge on any atom is 0.302 e. The SMILES string of the molecule is CCCCCCC[C@@H]1O[C@H]1COC(C)=O. The third kappa shape index (κ3) is 5.78. The predicted octanol–water partition coefficient (Wildman–Crippen LogP) is 2.68. The fourth-order valence-corrected chi connectivity index (χ4v) is 1.73. The topological polar surface area (TPSA) is 38.8 Å². The van der Waals surface area contributed by atoms with Crippen molar-refractivity contribution in [2.24, 2.45) is 0 Å². The van der Waals surface area contributed by atoms with Crippen LogP contribution >= 0.6 is 0 Å². The highest BCUT2D eigenvalue weighted by Crippen LogP contribution is 2.27. The van der Waals surface area contributed by atoms with Gasteiger partial charge in [0.15, 0.2) is 0 Å². The van der Waals surface area contributed by atoms with Crippen LogP contribution in [0, 0.1) is 0 Å². The Bertz CT molecular complexity index is 191. The molecule has 0 aromatic carbocycles. The number of ether oxygens (including phenoxy) is 2. The third-order valence-corrected chi connectivity index (χ3v) is 2.73. The molecule has 1 aliphatic heterocycles. The molecule has 3 nitrogen and oxygen atoms in total. The van der Waals surface area contributed by atoms with Crippen LogP contribution in [0.4, 0.5) is 0 Å². The van der Waals surface area contributed by atoms with E-state index in [4.69, 9.17) is 9.47 Å². The van der Waals surface area contributed by atoms with Gasteiger partial charge in [-0.15, -0.1) is 0 Å². The van der Waals surface area contributed by atoms with Crippen molar-refractivity contribution in [3.05, 3.63) is 0 Å². The predicted molar refractivity (Wildman–Crippen MR) is 58.7 cm³/mol. The van der Waals surface area contributed by atoms with E-state index < -0.39 is 0 Å². The molecule has 0 spiro atoms. The molecule has 15 heavy (non-hydrogen) atoms. The largest absolute Gasteiger partial charge is 0.463 e. The van der Waals surface area contributed by atoms with Gasteiger partial charge < -0.3 is 9.47 Å². The maximum absolute atomic E-state index is 10.5. The lowest BCUT2D eigenvalue weighted by Crippen LogP contribution is -2.08. The van der Waals surface area contributed by atoms with Gasteiger partial charge in [-0.05, 0) is 6.42 Å². The Hall–Kier alpha value is -0.570. The van der Waals surface area contributed by atoms with Crippen molar-refractivity contribution < 1.29 is 14.3 Å². The molecular weight excluding hydrogens is 192 g/mol. The summed E-state index contributed by atoms with van der Waals surface area (Å²) in [6.07, 6.45) is 8.14. The Labute approximate surface area is 92.1 Å². The highest BCUT2D eigenvalue weighted by Gasteiger charge is 2.38. The number of rotatable bonds is 8. The summed E-state index contributed by atoms with van der Waals surface area (Å²) in [5, 5.41) is 0. The first-order valence-electron chi connectivity index (χ1n) is 6.03. The van der Waals surface area contributed by atoms with Gasteiger partial charge >= 0.3 is 5.97 Å². The van der Waals surface area contributed by atoms with Gasteiger partial charge in [-0.2, -0.15) is 0 Å². The molecule has 1 fully saturated rings. The zero-order chi connectivity index (χ0) is 11.1. The second kappa shape index (κ2) is 6.83. The first kappa shape index (κ1) is 12.5. The van der Waals surface area contributed by atoms with E-state index in [0.29, 0.717) is 12.7 Å². The van der Waals surface area contributed by atoms with Crippen LogP contribution in [0.2, 0.25) is 0 Å². The van der Waals surface area contributed by atoms with Gasteiger partial charge in [0.25, 0.3) is 0 Å². The van der Waals surface area contributed by atoms with Crippen molar-refractivity contribution in [1.29, 1.82) is 0 Å². The molecule has 0 aromatic rings. The average Bonchev–Trinajstić information content (AvgIpc) is 2.93. The van der Waals surface area contributed by atoms with Crippen LogP contribution in [-0.4, -0.2) is 24.8 Å². The van der Waals surface area contributed by atoms with Crippen molar-refractivity contribution >= 4 is 5.97 Å². The fourth-order valence-electron chi connectivity index (χ4n) is 1.73. The molecule has 0 radical (unpaired) electrons. The van der Waals surface area contributed by atoms with E-state index in [2.05, 4.69) is 6.92 Å². The minimum Gasteiger partial charge on any atom is -0.463 e. The molecule has 2 atom stereocenters. The lowest BCUT2D eigenvalue weighted by atomic mass is 10.1. The smallest absolute Gasteiger partial charge is 0.302 e. The number of unbranched alkanes of at least 4 members (excludes halogenated alkanes) is 4. The summed E-state index contributed by atoms with van der Waals surface area (Å²) < 4.78 is 10.3. The maximum atomic E-state index is 10.5. The number of esters is 1. The summed E-state index contributed by atoms with van der Waals surface area (Å²) in [4.78, 5) is 10.5. The summed E-state index contributed by atoms with van der Waals surface area (Å²) in [6.45, 7) is 4.09. The monoisotopic (exact) mass is 214 g/mol. The van der Waals surface area contributed by atoms with Crippen molar-refractivity contribution in [3.63, 3.8) is 0 Å². The second-order valence-corrected chi connectivity index (χ2v) is 4.22. The fraction of sp³-hybridized carbons (Fsp3) is 0.917. The van der Waals surface area contributed by atoms with Gasteiger partial charge in [-0.3, -0.25) is 4.79 Å². The molecular formula is C12H22O3. The Morgan fingerprint density at radius 3 is 2.60 bits per heavy atom. The minimum absolute atomic E-state index is 0.181. The molecule has 1 aliphatic rings. The summed E-state index contributed by atoms with van der Waals surface area (Å²) in [5.74, 6) is -0.216. The first-order chi connectivity index (χ1) is 7.24. The molecule has 1 rings (SSSR count). The van der Waals surface area contributed by atoms with E-state index in [1.807, 2.05) is 0 Å². The average molecular weight is 214 g/mol. The van der Waals surface area contributed by atoms with Crippen LogP contribution in [0.15, 0.2) is 0 Å². The van der Waals surface area contributed by atoms with Crippen molar-refractivity contribution in [3.8, 4) is 0 Å². The Balaban J connectivity index is 1.86. The van der Waals surface area contributed by atoms with E-state index in [0.717, 1.165) is 6.42 Å². The van der Waals surface area contributed by atoms with Crippen LogP contribution < -0.4 is 0 Å². The van der Waals surface area contributed by atoms with Crippen LogP contribution in [0.1, 0.15) is 52.4 Å². The van der Waals surface area contributed by atoms with E-state index in [9.17, 15) is 4.79 Å². The Kier molecular flexibility index (Phi) is 5.69. The number of carbonyl (C=O) groups excluding carboxylic acids is 1. The van der Waals surface area contributed by atoms with Gasteiger partial charge in [0.2, 0.25) is 0 Å². The molecule has 0 N–H and O–H groups in total. The molecule has 0 unspecified atom stereocenters. The molecule has 1 saturated heterocycles. The summed E-state index contributed by atoms with van der Waals surface area (Å²) in [6, 6.07) is 0. The normalized spacial score (nSPS) is 23.9. The Morgan fingerprint density at radius 1 is 1.20 bits per heavy atom. The van der Waals surface area contributed by atoms with Gasteiger partial charge in [0.1, 0.15) is 12.7 Å². The van der Waals surface area contributed by atoms with Gasteiger partial charge in [0.05, 0.1) is 6.10 Å². The van der Waals surface area contributed by atoms with E-state index in [-0.39, 0.29) is 12.1 Å². The van der Waals surface area contributed by atoms with E-state index >= 15 is 0 Å². The summed E-state index contributed by atoms with van der Waals surface area (Å²) in [7, 11) is 0. The van der Waals surface area contributed by atoms with Crippen molar-refractivity contribution in [1.82, 2.24) is 0 Å². The molecule has 88 valence electrons. The molecule has 0 saturated carbocycles. The number of hydrogen-bond donors (Lipinski definition) is 0. The van der Waals surface area contributed by atoms with Gasteiger partial charge in [-0.25, -0.2) is 0 Å². The highest BCUT2D eigenvalue weighted by molar-refractivity contribution is 5.65. The standard InChI is InChI=1S/C12H22O3/c1-3-4-5-6-7-8-11-12(15-11)9-14-10(2)13/h11-12H,3-9H2,1-2H3/t11-,12-/m0/s1. The molecule has 0 bridgehead atoms. The molecule has 0 aromatic heterocycles. The highest BCUT2D eigenvalue weighted by atomic mass is 16.6. The Morgan fingerprint density at radius 2 is 1.93 bits per heavy atom. The van der Waals surface area contributed by atoms with Crippen LogP contribution in [0.3, 0.4) is 0 Å². The lowest BCUT2D eigenvalue weighted by Gasteiger charge is -1.98. The zero-order valence-electron chi connectivity index (χ0n) is 9.83. The molecule has 1 heterocycles. The molecule has 3 heteroatoms. The van der Waals surface area contributed by atoms with Crippen LogP contribution in [0.25, 0.3) is 0 Å². The summed E-state index contributed by atoms with van der Waals surface area (Å²) in [5.41, 5.74) is 0. The van der Waals surface area contributed by atoms with Crippen LogP contribution in [-0.2, 0) is 14.3 Å².